The molecule has 1 heterocycles. The summed E-state index contributed by atoms with van der Waals surface area (Å²) in [5, 5.41) is 11.3. The summed E-state index contributed by atoms with van der Waals surface area (Å²) < 4.78 is 16.7. The molecule has 8 heteroatoms. The Morgan fingerprint density at radius 3 is 2.17 bits per heavy atom. The average Bonchev–Trinajstić information content (AvgIpc) is 3.15. The Morgan fingerprint density at radius 1 is 0.944 bits per heavy atom. The van der Waals surface area contributed by atoms with E-state index in [9.17, 15) is 14.7 Å². The molecule has 0 bridgehead atoms. The summed E-state index contributed by atoms with van der Waals surface area (Å²) in [5.74, 6) is 0.163. The normalized spacial score (nSPS) is 17.1. The van der Waals surface area contributed by atoms with Crippen molar-refractivity contribution in [1.29, 1.82) is 0 Å². The number of hydrogen-bond acceptors (Lipinski definition) is 7. The van der Waals surface area contributed by atoms with E-state index in [1.54, 1.807) is 48.4 Å². The maximum absolute atomic E-state index is 13.3. The Bertz CT molecular complexity index is 1090. The van der Waals surface area contributed by atoms with Crippen molar-refractivity contribution < 1.29 is 28.9 Å². The van der Waals surface area contributed by atoms with Gasteiger partial charge in [-0.05, 0) is 68.9 Å². The van der Waals surface area contributed by atoms with Crippen molar-refractivity contribution in [3.63, 3.8) is 0 Å². The number of rotatable bonds is 12. The molecule has 1 unspecified atom stereocenters. The van der Waals surface area contributed by atoms with Gasteiger partial charge in [-0.25, -0.2) is 0 Å². The molecule has 1 saturated heterocycles. The largest absolute Gasteiger partial charge is 0.507 e. The zero-order valence-corrected chi connectivity index (χ0v) is 21.7. The molecule has 3 rings (SSSR count). The number of nitrogens with zero attached hydrogens (tertiary/aromatic N) is 2. The van der Waals surface area contributed by atoms with Gasteiger partial charge in [-0.1, -0.05) is 19.9 Å². The summed E-state index contributed by atoms with van der Waals surface area (Å²) in [6.45, 7) is 11.4. The van der Waals surface area contributed by atoms with Crippen LogP contribution in [0.5, 0.6) is 17.2 Å². The number of Topliss-reactive ketones (excluding diaryl/α,β-unsaturated/α-hetero) is 1. The van der Waals surface area contributed by atoms with Crippen LogP contribution in [0.4, 0.5) is 0 Å². The van der Waals surface area contributed by atoms with Crippen molar-refractivity contribution in [2.24, 2.45) is 0 Å². The molecule has 1 amide bonds. The lowest BCUT2D eigenvalue weighted by molar-refractivity contribution is -0.140. The molecule has 1 atom stereocenters. The molecule has 36 heavy (non-hydrogen) atoms. The number of hydrogen-bond donors (Lipinski definition) is 1. The van der Waals surface area contributed by atoms with Crippen molar-refractivity contribution in [2.45, 2.75) is 33.7 Å². The van der Waals surface area contributed by atoms with Crippen LogP contribution < -0.4 is 14.2 Å². The van der Waals surface area contributed by atoms with Gasteiger partial charge in [0.1, 0.15) is 11.5 Å². The highest BCUT2D eigenvalue weighted by molar-refractivity contribution is 6.46. The summed E-state index contributed by atoms with van der Waals surface area (Å²) >= 11 is 0. The number of ketones is 1. The molecular weight excluding hydrogens is 460 g/mol. The van der Waals surface area contributed by atoms with Crippen LogP contribution in [0.25, 0.3) is 5.76 Å². The minimum Gasteiger partial charge on any atom is -0.507 e. The van der Waals surface area contributed by atoms with Gasteiger partial charge in [-0.2, -0.15) is 0 Å². The highest BCUT2D eigenvalue weighted by Gasteiger charge is 2.46. The standard InChI is InChI=1S/C28H36N2O6/c1-6-29(7-2)16-17-30-25(20-12-15-22(35-8-3)23(18-20)36-9-4)24(27(32)28(30)33)26(31)19-10-13-21(34-5)14-11-19/h10-15,18,25,31H,6-9,16-17H2,1-5H3/b26-24-. The minimum absolute atomic E-state index is 0.0522. The molecule has 194 valence electrons. The van der Waals surface area contributed by atoms with Crippen LogP contribution in [0, 0.1) is 0 Å². The molecule has 0 aliphatic carbocycles. The van der Waals surface area contributed by atoms with Gasteiger partial charge in [0.15, 0.2) is 11.5 Å². The van der Waals surface area contributed by atoms with Crippen LogP contribution in [0.3, 0.4) is 0 Å². The molecule has 2 aromatic rings. The second-order valence-corrected chi connectivity index (χ2v) is 8.32. The monoisotopic (exact) mass is 496 g/mol. The van der Waals surface area contributed by atoms with Crippen molar-refractivity contribution in [3.8, 4) is 17.2 Å². The zero-order chi connectivity index (χ0) is 26.2. The summed E-state index contributed by atoms with van der Waals surface area (Å²) in [5.41, 5.74) is 1.14. The molecule has 2 aromatic carbocycles. The first-order valence-electron chi connectivity index (χ1n) is 12.4. The highest BCUT2D eigenvalue weighted by atomic mass is 16.5. The zero-order valence-electron chi connectivity index (χ0n) is 21.7. The third-order valence-corrected chi connectivity index (χ3v) is 6.34. The Kier molecular flexibility index (Phi) is 9.36. The summed E-state index contributed by atoms with van der Waals surface area (Å²) in [7, 11) is 1.55. The fourth-order valence-corrected chi connectivity index (χ4v) is 4.39. The summed E-state index contributed by atoms with van der Waals surface area (Å²) in [6.07, 6.45) is 0. The van der Waals surface area contributed by atoms with E-state index in [-0.39, 0.29) is 11.3 Å². The summed E-state index contributed by atoms with van der Waals surface area (Å²) in [4.78, 5) is 30.3. The number of ether oxygens (including phenoxy) is 3. The number of aliphatic hydroxyl groups excluding tert-OH is 1. The maximum Gasteiger partial charge on any atom is 0.295 e. The van der Waals surface area contributed by atoms with E-state index < -0.39 is 17.7 Å². The molecule has 0 radical (unpaired) electrons. The Balaban J connectivity index is 2.14. The molecule has 1 aliphatic heterocycles. The first-order valence-corrected chi connectivity index (χ1v) is 12.4. The van der Waals surface area contributed by atoms with E-state index >= 15 is 0 Å². The molecule has 0 spiro atoms. The fraction of sp³-hybridized carbons (Fsp3) is 0.429. The molecule has 0 aromatic heterocycles. The minimum atomic E-state index is -0.766. The van der Waals surface area contributed by atoms with Gasteiger partial charge in [0.05, 0.1) is 31.9 Å². The lowest BCUT2D eigenvalue weighted by Crippen LogP contribution is -2.38. The van der Waals surface area contributed by atoms with Crippen molar-refractivity contribution in [2.75, 3.05) is 46.5 Å². The van der Waals surface area contributed by atoms with Crippen molar-refractivity contribution in [3.05, 3.63) is 59.2 Å². The third kappa shape index (κ3) is 5.65. The third-order valence-electron chi connectivity index (χ3n) is 6.34. The average molecular weight is 497 g/mol. The quantitative estimate of drug-likeness (QED) is 0.267. The van der Waals surface area contributed by atoms with Gasteiger partial charge in [-0.15, -0.1) is 0 Å². The second kappa shape index (κ2) is 12.4. The number of carbonyl (C=O) groups is 2. The topological polar surface area (TPSA) is 88.5 Å². The Hall–Kier alpha value is -3.52. The van der Waals surface area contributed by atoms with Crippen LogP contribution in [0.2, 0.25) is 0 Å². The molecule has 1 N–H and O–H groups in total. The number of amides is 1. The van der Waals surface area contributed by atoms with Crippen molar-refractivity contribution in [1.82, 2.24) is 9.80 Å². The van der Waals surface area contributed by atoms with Crippen LogP contribution in [-0.4, -0.2) is 73.1 Å². The van der Waals surface area contributed by atoms with Crippen LogP contribution in [-0.2, 0) is 9.59 Å². The van der Waals surface area contributed by atoms with Crippen LogP contribution in [0.1, 0.15) is 44.9 Å². The Morgan fingerprint density at radius 2 is 1.58 bits per heavy atom. The van der Waals surface area contributed by atoms with E-state index in [0.717, 1.165) is 13.1 Å². The Labute approximate surface area is 213 Å². The van der Waals surface area contributed by atoms with E-state index in [2.05, 4.69) is 18.7 Å². The fourth-order valence-electron chi connectivity index (χ4n) is 4.39. The van der Waals surface area contributed by atoms with Crippen LogP contribution >= 0.6 is 0 Å². The van der Waals surface area contributed by atoms with Gasteiger partial charge in [0, 0.05) is 18.7 Å². The predicted molar refractivity (Wildman–Crippen MR) is 139 cm³/mol. The van der Waals surface area contributed by atoms with Crippen LogP contribution in [0.15, 0.2) is 48.0 Å². The van der Waals surface area contributed by atoms with E-state index in [1.807, 2.05) is 19.9 Å². The highest BCUT2D eigenvalue weighted by Crippen LogP contribution is 2.42. The van der Waals surface area contributed by atoms with E-state index in [4.69, 9.17) is 14.2 Å². The summed E-state index contributed by atoms with van der Waals surface area (Å²) in [6, 6.07) is 11.3. The lowest BCUT2D eigenvalue weighted by Gasteiger charge is -2.28. The van der Waals surface area contributed by atoms with E-state index in [1.165, 1.54) is 0 Å². The van der Waals surface area contributed by atoms with Gasteiger partial charge < -0.3 is 29.1 Å². The molecular formula is C28H36N2O6. The van der Waals surface area contributed by atoms with Crippen molar-refractivity contribution >= 4 is 17.4 Å². The number of aliphatic hydroxyl groups is 1. The SMILES string of the molecule is CCOc1ccc(C2/C(=C(/O)c3ccc(OC)cc3)C(=O)C(=O)N2CCN(CC)CC)cc1OCC. The number of methoxy groups -OCH3 is 1. The first-order chi connectivity index (χ1) is 17.4. The number of likely N-dealkylation sites (tertiary alicyclic amines) is 1. The number of carbonyl (C=O) groups excluding carboxylic acids is 2. The second-order valence-electron chi connectivity index (χ2n) is 8.32. The smallest absolute Gasteiger partial charge is 0.295 e. The van der Waals surface area contributed by atoms with Gasteiger partial charge in [0.25, 0.3) is 11.7 Å². The number of benzene rings is 2. The maximum atomic E-state index is 13.3. The number of likely N-dealkylation sites (N-methyl/N-ethyl adjacent to an activating group) is 1. The lowest BCUT2D eigenvalue weighted by atomic mass is 9.95. The van der Waals surface area contributed by atoms with Gasteiger partial charge in [-0.3, -0.25) is 9.59 Å². The van der Waals surface area contributed by atoms with Gasteiger partial charge in [0.2, 0.25) is 0 Å². The van der Waals surface area contributed by atoms with E-state index in [0.29, 0.717) is 54.7 Å². The van der Waals surface area contributed by atoms with Gasteiger partial charge >= 0.3 is 0 Å². The molecule has 8 nitrogen and oxygen atoms in total. The first kappa shape index (κ1) is 27.1. The molecule has 1 fully saturated rings. The molecule has 1 aliphatic rings. The molecule has 0 saturated carbocycles. The predicted octanol–water partition coefficient (Wildman–Crippen LogP) is 4.26.